The zero-order valence-electron chi connectivity index (χ0n) is 15.1. The summed E-state index contributed by atoms with van der Waals surface area (Å²) in [5.74, 6) is -1.16. The average Bonchev–Trinajstić information content (AvgIpc) is 2.67. The Bertz CT molecular complexity index is 719. The summed E-state index contributed by atoms with van der Waals surface area (Å²) in [4.78, 5) is 0. The minimum absolute atomic E-state index is 0.159. The minimum atomic E-state index is -1.19. The molecule has 1 aliphatic rings. The largest absolute Gasteiger partial charge is 0.460 e. The maximum Gasteiger partial charge on any atom is 0.228 e. The Morgan fingerprint density at radius 1 is 0.923 bits per heavy atom. The van der Waals surface area contributed by atoms with Gasteiger partial charge in [-0.1, -0.05) is 44.0 Å². The van der Waals surface area contributed by atoms with E-state index in [0.717, 1.165) is 5.92 Å². The summed E-state index contributed by atoms with van der Waals surface area (Å²) in [6, 6.07) is 10.4. The second kappa shape index (κ2) is 8.61. The molecule has 1 nitrogen and oxygen atoms in total. The maximum atomic E-state index is 14.3. The van der Waals surface area contributed by atoms with Gasteiger partial charge in [-0.15, -0.1) is 0 Å². The zero-order valence-corrected chi connectivity index (χ0v) is 15.1. The molecule has 1 fully saturated rings. The zero-order chi connectivity index (χ0) is 18.5. The Kier molecular flexibility index (Phi) is 6.23. The van der Waals surface area contributed by atoms with Crippen LogP contribution in [0.1, 0.15) is 56.9 Å². The third-order valence-electron chi connectivity index (χ3n) is 5.49. The number of hydrogen-bond donors (Lipinski definition) is 0. The van der Waals surface area contributed by atoms with E-state index in [1.54, 1.807) is 0 Å². The number of ether oxygens (including phenoxy) is 1. The summed E-state index contributed by atoms with van der Waals surface area (Å²) in [5.41, 5.74) is 2.03. The van der Waals surface area contributed by atoms with E-state index in [4.69, 9.17) is 0 Å². The lowest BCUT2D eigenvalue weighted by Crippen LogP contribution is -2.13. The molecule has 0 amide bonds. The molecular formula is C22H25F3O. The fourth-order valence-electron chi connectivity index (χ4n) is 4.05. The van der Waals surface area contributed by atoms with Crippen molar-refractivity contribution in [3.05, 3.63) is 53.6 Å². The Labute approximate surface area is 153 Å². The van der Waals surface area contributed by atoms with Crippen molar-refractivity contribution < 1.29 is 17.9 Å². The van der Waals surface area contributed by atoms with E-state index in [-0.39, 0.29) is 5.56 Å². The molecule has 140 valence electrons. The average molecular weight is 362 g/mol. The number of alkyl halides is 1. The van der Waals surface area contributed by atoms with Crippen LogP contribution in [0, 0.1) is 17.6 Å². The van der Waals surface area contributed by atoms with E-state index >= 15 is 0 Å². The smallest absolute Gasteiger partial charge is 0.228 e. The highest BCUT2D eigenvalue weighted by Gasteiger charge is 2.22. The molecule has 0 heterocycles. The van der Waals surface area contributed by atoms with Gasteiger partial charge in [-0.3, -0.25) is 0 Å². The molecule has 0 saturated heterocycles. The number of benzene rings is 2. The highest BCUT2D eigenvalue weighted by molar-refractivity contribution is 5.65. The first kappa shape index (κ1) is 18.8. The van der Waals surface area contributed by atoms with Crippen LogP contribution >= 0.6 is 0 Å². The van der Waals surface area contributed by atoms with Crippen LogP contribution in [0.4, 0.5) is 13.2 Å². The van der Waals surface area contributed by atoms with Gasteiger partial charge in [0.15, 0.2) is 11.6 Å². The lowest BCUT2D eigenvalue weighted by atomic mass is 9.77. The third kappa shape index (κ3) is 4.05. The van der Waals surface area contributed by atoms with Gasteiger partial charge in [-0.05, 0) is 60.8 Å². The minimum Gasteiger partial charge on any atom is -0.460 e. The van der Waals surface area contributed by atoms with Gasteiger partial charge >= 0.3 is 0 Å². The van der Waals surface area contributed by atoms with E-state index in [0.29, 0.717) is 11.5 Å². The topological polar surface area (TPSA) is 9.23 Å². The summed E-state index contributed by atoms with van der Waals surface area (Å²) in [5, 5.41) is 0. The highest BCUT2D eigenvalue weighted by atomic mass is 19.2. The van der Waals surface area contributed by atoms with Crippen molar-refractivity contribution in [2.45, 2.75) is 51.4 Å². The molecule has 0 aliphatic heterocycles. The predicted molar refractivity (Wildman–Crippen MR) is 98.0 cm³/mol. The summed E-state index contributed by atoms with van der Waals surface area (Å²) < 4.78 is 44.8. The molecule has 3 rings (SSSR count). The molecule has 2 aromatic carbocycles. The van der Waals surface area contributed by atoms with Gasteiger partial charge in [-0.25, -0.2) is 8.78 Å². The maximum absolute atomic E-state index is 14.3. The van der Waals surface area contributed by atoms with E-state index in [1.807, 2.05) is 24.3 Å². The first-order valence-electron chi connectivity index (χ1n) is 9.41. The van der Waals surface area contributed by atoms with Crippen LogP contribution in [0.15, 0.2) is 36.4 Å². The van der Waals surface area contributed by atoms with Crippen molar-refractivity contribution in [1.82, 2.24) is 0 Å². The second-order valence-corrected chi connectivity index (χ2v) is 7.12. The molecular weight excluding hydrogens is 337 g/mol. The second-order valence-electron chi connectivity index (χ2n) is 7.12. The highest BCUT2D eigenvalue weighted by Crippen LogP contribution is 2.38. The molecule has 1 saturated carbocycles. The van der Waals surface area contributed by atoms with Crippen LogP contribution in [-0.2, 0) is 0 Å². The van der Waals surface area contributed by atoms with Gasteiger partial charge in [0.05, 0.1) is 0 Å². The summed E-state index contributed by atoms with van der Waals surface area (Å²) in [6.07, 6.45) is 7.51. The van der Waals surface area contributed by atoms with Crippen molar-refractivity contribution in [3.63, 3.8) is 0 Å². The van der Waals surface area contributed by atoms with Crippen molar-refractivity contribution in [2.24, 2.45) is 5.92 Å². The molecule has 0 spiro atoms. The van der Waals surface area contributed by atoms with Crippen molar-refractivity contribution in [3.8, 4) is 16.9 Å². The Hall–Kier alpha value is -1.97. The summed E-state index contributed by atoms with van der Waals surface area (Å²) in [6.45, 7) is 1.05. The van der Waals surface area contributed by atoms with Crippen LogP contribution in [0.2, 0.25) is 0 Å². The fraction of sp³-hybridized carbons (Fsp3) is 0.455. The fourth-order valence-corrected chi connectivity index (χ4v) is 4.05. The molecule has 26 heavy (non-hydrogen) atoms. The summed E-state index contributed by atoms with van der Waals surface area (Å²) >= 11 is 0. The quantitative estimate of drug-likeness (QED) is 0.537. The standard InChI is InChI=1S/C22H25F3O/c1-2-3-15-4-6-16(7-5-15)17-8-10-18(11-9-17)19-12-13-20(26-14-23)22(25)21(19)24/h8-13,15-16H,2-7,14H2,1H3. The summed E-state index contributed by atoms with van der Waals surface area (Å²) in [7, 11) is 0. The third-order valence-corrected chi connectivity index (χ3v) is 5.49. The van der Waals surface area contributed by atoms with Crippen LogP contribution in [0.5, 0.6) is 5.75 Å². The van der Waals surface area contributed by atoms with Gasteiger partial charge < -0.3 is 4.74 Å². The van der Waals surface area contributed by atoms with Crippen LogP contribution in [-0.4, -0.2) is 6.86 Å². The van der Waals surface area contributed by atoms with E-state index in [9.17, 15) is 13.2 Å². The molecule has 0 aromatic heterocycles. The number of hydrogen-bond acceptors (Lipinski definition) is 1. The lowest BCUT2D eigenvalue weighted by Gasteiger charge is -2.28. The van der Waals surface area contributed by atoms with Crippen molar-refractivity contribution in [1.29, 1.82) is 0 Å². The van der Waals surface area contributed by atoms with E-state index in [1.165, 1.54) is 56.2 Å². The van der Waals surface area contributed by atoms with Gasteiger partial charge in [0.1, 0.15) is 0 Å². The van der Waals surface area contributed by atoms with Gasteiger partial charge in [0.2, 0.25) is 12.7 Å². The van der Waals surface area contributed by atoms with Crippen molar-refractivity contribution >= 4 is 0 Å². The Morgan fingerprint density at radius 3 is 2.23 bits per heavy atom. The van der Waals surface area contributed by atoms with Crippen LogP contribution in [0.25, 0.3) is 11.1 Å². The molecule has 2 aromatic rings. The van der Waals surface area contributed by atoms with Gasteiger partial charge in [0, 0.05) is 5.56 Å². The molecule has 1 aliphatic carbocycles. The molecule has 0 atom stereocenters. The Balaban J connectivity index is 1.73. The van der Waals surface area contributed by atoms with Gasteiger partial charge in [0.25, 0.3) is 0 Å². The number of halogens is 3. The van der Waals surface area contributed by atoms with Crippen LogP contribution in [0.3, 0.4) is 0 Å². The monoisotopic (exact) mass is 362 g/mol. The molecule has 0 bridgehead atoms. The normalized spacial score (nSPS) is 20.2. The molecule has 0 unspecified atom stereocenters. The van der Waals surface area contributed by atoms with Crippen LogP contribution < -0.4 is 4.74 Å². The molecule has 4 heteroatoms. The van der Waals surface area contributed by atoms with E-state index < -0.39 is 24.2 Å². The van der Waals surface area contributed by atoms with Gasteiger partial charge in [-0.2, -0.15) is 4.39 Å². The predicted octanol–water partition coefficient (Wildman–Crippen LogP) is 7.01. The van der Waals surface area contributed by atoms with E-state index in [2.05, 4.69) is 11.7 Å². The first-order valence-corrected chi connectivity index (χ1v) is 9.41. The lowest BCUT2D eigenvalue weighted by molar-refractivity contribution is 0.182. The molecule has 0 radical (unpaired) electrons. The van der Waals surface area contributed by atoms with Crippen molar-refractivity contribution in [2.75, 3.05) is 6.86 Å². The molecule has 0 N–H and O–H groups in total. The first-order chi connectivity index (χ1) is 12.6. The number of rotatable bonds is 6. The SMILES string of the molecule is CCCC1CCC(c2ccc(-c3ccc(OCF)c(F)c3F)cc2)CC1. The Morgan fingerprint density at radius 2 is 1.62 bits per heavy atom.